The van der Waals surface area contributed by atoms with Crippen LogP contribution in [-0.2, 0) is 0 Å². The minimum Gasteiger partial charge on any atom is -0.453 e. The van der Waals surface area contributed by atoms with Crippen LogP contribution in [0.25, 0.3) is 76.5 Å². The van der Waals surface area contributed by atoms with E-state index in [1.807, 2.05) is 0 Å². The summed E-state index contributed by atoms with van der Waals surface area (Å²) in [6, 6.07) is 56.1. The maximum Gasteiger partial charge on any atom is 0.158 e. The molecule has 2 heteroatoms. The van der Waals surface area contributed by atoms with Crippen molar-refractivity contribution >= 4 is 65.6 Å². The SMILES string of the molecule is c1ccc(-c2cc3ccccc3c3c2oc2c(Nc4cccc5c(-c6ccc7ccccc7c6)cccc45)cccc23)cc1. The van der Waals surface area contributed by atoms with E-state index >= 15 is 0 Å². The zero-order valence-corrected chi connectivity index (χ0v) is 23.9. The Morgan fingerprint density at radius 2 is 1.05 bits per heavy atom. The van der Waals surface area contributed by atoms with Gasteiger partial charge < -0.3 is 9.73 Å². The smallest absolute Gasteiger partial charge is 0.158 e. The van der Waals surface area contributed by atoms with Crippen molar-refractivity contribution in [2.75, 3.05) is 5.32 Å². The summed E-state index contributed by atoms with van der Waals surface area (Å²) in [6.07, 6.45) is 0. The third-order valence-electron chi connectivity index (χ3n) is 8.83. The zero-order chi connectivity index (χ0) is 29.0. The fourth-order valence-electron chi connectivity index (χ4n) is 6.75. The third-order valence-corrected chi connectivity index (χ3v) is 8.83. The summed E-state index contributed by atoms with van der Waals surface area (Å²) in [4.78, 5) is 0. The predicted octanol–water partition coefficient (Wildman–Crippen LogP) is 12.1. The third kappa shape index (κ3) is 3.89. The van der Waals surface area contributed by atoms with Crippen LogP contribution in [0.15, 0.2) is 162 Å². The van der Waals surface area contributed by atoms with Crippen molar-refractivity contribution < 1.29 is 4.42 Å². The Morgan fingerprint density at radius 3 is 1.93 bits per heavy atom. The summed E-state index contributed by atoms with van der Waals surface area (Å²) in [5.74, 6) is 0. The number of rotatable bonds is 4. The van der Waals surface area contributed by atoms with Gasteiger partial charge >= 0.3 is 0 Å². The topological polar surface area (TPSA) is 25.2 Å². The lowest BCUT2D eigenvalue weighted by Gasteiger charge is -2.13. The van der Waals surface area contributed by atoms with Crippen LogP contribution in [0.3, 0.4) is 0 Å². The van der Waals surface area contributed by atoms with Crippen LogP contribution in [0.4, 0.5) is 11.4 Å². The van der Waals surface area contributed by atoms with Gasteiger partial charge in [-0.2, -0.15) is 0 Å². The first-order valence-corrected chi connectivity index (χ1v) is 15.0. The Morgan fingerprint density at radius 1 is 0.364 bits per heavy atom. The van der Waals surface area contributed by atoms with Crippen molar-refractivity contribution in [3.8, 4) is 22.3 Å². The van der Waals surface area contributed by atoms with E-state index in [4.69, 9.17) is 4.42 Å². The standard InChI is InChI=1S/C42H27NO/c1-2-12-28(13-3-1)37-26-30-15-6-7-16-33(30)40-36-20-10-22-39(41(36)44-42(37)40)43-38-21-9-18-34-32(17-8-19-35(34)38)31-24-23-27-11-4-5-14-29(27)25-31/h1-26,43H. The van der Waals surface area contributed by atoms with Crippen LogP contribution in [0.2, 0.25) is 0 Å². The number of benzene rings is 8. The van der Waals surface area contributed by atoms with E-state index in [1.165, 1.54) is 43.4 Å². The number of hydrogen-bond donors (Lipinski definition) is 1. The summed E-state index contributed by atoms with van der Waals surface area (Å²) >= 11 is 0. The van der Waals surface area contributed by atoms with Crippen molar-refractivity contribution in [2.45, 2.75) is 0 Å². The van der Waals surface area contributed by atoms with E-state index in [9.17, 15) is 0 Å². The van der Waals surface area contributed by atoms with Crippen LogP contribution in [0, 0.1) is 0 Å². The maximum absolute atomic E-state index is 6.83. The van der Waals surface area contributed by atoms with E-state index in [0.29, 0.717) is 0 Å². The highest BCUT2D eigenvalue weighted by Gasteiger charge is 2.18. The molecule has 2 nitrogen and oxygen atoms in total. The van der Waals surface area contributed by atoms with Gasteiger partial charge in [0.2, 0.25) is 0 Å². The minimum absolute atomic E-state index is 0.860. The van der Waals surface area contributed by atoms with Crippen molar-refractivity contribution in [2.24, 2.45) is 0 Å². The van der Waals surface area contributed by atoms with Gasteiger partial charge in [-0.15, -0.1) is 0 Å². The molecule has 0 aliphatic carbocycles. The van der Waals surface area contributed by atoms with Crippen molar-refractivity contribution in [3.63, 3.8) is 0 Å². The minimum atomic E-state index is 0.860. The highest BCUT2D eigenvalue weighted by atomic mass is 16.3. The Kier molecular flexibility index (Phi) is 5.54. The van der Waals surface area contributed by atoms with Crippen LogP contribution >= 0.6 is 0 Å². The van der Waals surface area contributed by atoms with Gasteiger partial charge in [-0.3, -0.25) is 0 Å². The average molecular weight is 562 g/mol. The van der Waals surface area contributed by atoms with Gasteiger partial charge in [-0.25, -0.2) is 0 Å². The summed E-state index contributed by atoms with van der Waals surface area (Å²) in [6.45, 7) is 0. The second-order valence-electron chi connectivity index (χ2n) is 11.4. The van der Waals surface area contributed by atoms with Gasteiger partial charge in [-0.1, -0.05) is 133 Å². The lowest BCUT2D eigenvalue weighted by molar-refractivity contribution is 0.671. The Balaban J connectivity index is 1.22. The van der Waals surface area contributed by atoms with Gasteiger partial charge in [0, 0.05) is 27.4 Å². The number of para-hydroxylation sites is 1. The first-order chi connectivity index (χ1) is 21.8. The number of furan rings is 1. The summed E-state index contributed by atoms with van der Waals surface area (Å²) in [5, 5.41) is 13.3. The van der Waals surface area contributed by atoms with E-state index in [1.54, 1.807) is 0 Å². The molecule has 0 atom stereocenters. The number of hydrogen-bond acceptors (Lipinski definition) is 2. The van der Waals surface area contributed by atoms with Crippen molar-refractivity contribution in [1.29, 1.82) is 0 Å². The molecule has 1 heterocycles. The molecule has 0 aliphatic rings. The lowest BCUT2D eigenvalue weighted by atomic mass is 9.95. The first kappa shape index (κ1) is 24.7. The molecule has 0 fully saturated rings. The normalized spacial score (nSPS) is 11.6. The molecule has 44 heavy (non-hydrogen) atoms. The van der Waals surface area contributed by atoms with Crippen molar-refractivity contribution in [3.05, 3.63) is 158 Å². The van der Waals surface area contributed by atoms with Crippen LogP contribution in [0.5, 0.6) is 0 Å². The van der Waals surface area contributed by atoms with Gasteiger partial charge in [-0.05, 0) is 67.9 Å². The monoisotopic (exact) mass is 561 g/mol. The quantitative estimate of drug-likeness (QED) is 0.231. The Hall–Kier alpha value is -5.86. The van der Waals surface area contributed by atoms with Crippen LogP contribution < -0.4 is 5.32 Å². The largest absolute Gasteiger partial charge is 0.453 e. The zero-order valence-electron chi connectivity index (χ0n) is 23.9. The number of nitrogens with one attached hydrogen (secondary N) is 1. The molecule has 9 rings (SSSR count). The predicted molar refractivity (Wildman–Crippen MR) is 187 cm³/mol. The average Bonchev–Trinajstić information content (AvgIpc) is 3.49. The van der Waals surface area contributed by atoms with Crippen LogP contribution in [-0.4, -0.2) is 0 Å². The molecular formula is C42H27NO. The van der Waals surface area contributed by atoms with Crippen molar-refractivity contribution in [1.82, 2.24) is 0 Å². The van der Waals surface area contributed by atoms with E-state index < -0.39 is 0 Å². The highest BCUT2D eigenvalue weighted by Crippen LogP contribution is 2.44. The molecule has 0 unspecified atom stereocenters. The highest BCUT2D eigenvalue weighted by molar-refractivity contribution is 6.24. The van der Waals surface area contributed by atoms with E-state index in [0.717, 1.165) is 44.4 Å². The molecule has 1 aromatic heterocycles. The molecule has 0 radical (unpaired) electrons. The molecule has 8 aromatic carbocycles. The molecule has 206 valence electrons. The van der Waals surface area contributed by atoms with Gasteiger partial charge in [0.1, 0.15) is 5.58 Å². The summed E-state index contributed by atoms with van der Waals surface area (Å²) in [5.41, 5.74) is 8.45. The molecule has 0 bridgehead atoms. The lowest BCUT2D eigenvalue weighted by Crippen LogP contribution is -1.93. The summed E-state index contributed by atoms with van der Waals surface area (Å²) < 4.78 is 6.83. The maximum atomic E-state index is 6.83. The van der Waals surface area contributed by atoms with Gasteiger partial charge in [0.05, 0.1) is 5.69 Å². The second-order valence-corrected chi connectivity index (χ2v) is 11.4. The van der Waals surface area contributed by atoms with Gasteiger partial charge in [0.15, 0.2) is 5.58 Å². The molecule has 1 N–H and O–H groups in total. The molecule has 9 aromatic rings. The molecule has 0 aliphatic heterocycles. The number of fused-ring (bicyclic) bond motifs is 7. The molecule has 0 amide bonds. The van der Waals surface area contributed by atoms with E-state index in [2.05, 4.69) is 163 Å². The molecule has 0 spiro atoms. The fraction of sp³-hybridized carbons (Fsp3) is 0. The second kappa shape index (κ2) is 9.86. The number of anilines is 2. The molecule has 0 saturated carbocycles. The van der Waals surface area contributed by atoms with E-state index in [-0.39, 0.29) is 0 Å². The first-order valence-electron chi connectivity index (χ1n) is 15.0. The fourth-order valence-corrected chi connectivity index (χ4v) is 6.75. The molecule has 0 saturated heterocycles. The van der Waals surface area contributed by atoms with Gasteiger partial charge in [0.25, 0.3) is 0 Å². The molecular weight excluding hydrogens is 534 g/mol. The van der Waals surface area contributed by atoms with Crippen LogP contribution in [0.1, 0.15) is 0 Å². The Labute approximate surface area is 254 Å². The Bertz CT molecular complexity index is 2520. The summed E-state index contributed by atoms with van der Waals surface area (Å²) in [7, 11) is 0.